The molecule has 3 heterocycles. The zero-order chi connectivity index (χ0) is 23.1. The first-order chi connectivity index (χ1) is 16.7. The van der Waals surface area contributed by atoms with Crippen molar-refractivity contribution < 1.29 is 19.0 Å². The van der Waals surface area contributed by atoms with Crippen molar-refractivity contribution in [2.75, 3.05) is 39.5 Å². The van der Waals surface area contributed by atoms with Crippen LogP contribution < -0.4 is 4.74 Å². The molecule has 0 amide bonds. The molecule has 2 aromatic carbocycles. The number of nitrogens with zero attached hydrogens (tertiary/aromatic N) is 1. The Bertz CT molecular complexity index is 1080. The molecule has 180 valence electrons. The number of aryl methyl sites for hydroxylation is 1. The summed E-state index contributed by atoms with van der Waals surface area (Å²) in [6, 6.07) is 12.6. The molecule has 4 aliphatic rings. The molecule has 2 aromatic rings. The molecule has 5 heteroatoms. The Balaban J connectivity index is 1.33. The summed E-state index contributed by atoms with van der Waals surface area (Å²) in [4.78, 5) is 2.31. The maximum Gasteiger partial charge on any atom is 0.123 e. The molecular formula is C29H34FNO3. The summed E-state index contributed by atoms with van der Waals surface area (Å²) in [6.07, 6.45) is 6.41. The Morgan fingerprint density at radius 3 is 2.68 bits per heavy atom. The lowest BCUT2D eigenvalue weighted by atomic mass is 9.81. The largest absolute Gasteiger partial charge is 0.508 e. The molecule has 0 bridgehead atoms. The second-order valence-corrected chi connectivity index (χ2v) is 10.5. The highest BCUT2D eigenvalue weighted by atomic mass is 19.1. The van der Waals surface area contributed by atoms with Crippen molar-refractivity contribution in [3.63, 3.8) is 0 Å². The smallest absolute Gasteiger partial charge is 0.123 e. The summed E-state index contributed by atoms with van der Waals surface area (Å²) < 4.78 is 24.8. The van der Waals surface area contributed by atoms with Crippen LogP contribution in [0.3, 0.4) is 0 Å². The fourth-order valence-corrected chi connectivity index (χ4v) is 6.38. The molecule has 1 N–H and O–H groups in total. The van der Waals surface area contributed by atoms with Crippen molar-refractivity contribution in [3.8, 4) is 11.5 Å². The molecule has 34 heavy (non-hydrogen) atoms. The number of benzene rings is 2. The Kier molecular flexibility index (Phi) is 6.08. The first kappa shape index (κ1) is 22.1. The van der Waals surface area contributed by atoms with Gasteiger partial charge in [0.1, 0.15) is 17.6 Å². The van der Waals surface area contributed by atoms with Crippen molar-refractivity contribution in [1.82, 2.24) is 4.90 Å². The van der Waals surface area contributed by atoms with Crippen LogP contribution in [0.4, 0.5) is 4.39 Å². The van der Waals surface area contributed by atoms with E-state index in [9.17, 15) is 9.50 Å². The average Bonchev–Trinajstić information content (AvgIpc) is 3.14. The molecular weight excluding hydrogens is 429 g/mol. The molecule has 1 unspecified atom stereocenters. The second kappa shape index (κ2) is 9.35. The molecule has 6 rings (SSSR count). The van der Waals surface area contributed by atoms with Crippen molar-refractivity contribution in [2.45, 2.75) is 44.6 Å². The lowest BCUT2D eigenvalue weighted by Gasteiger charge is -2.38. The number of alkyl halides is 1. The van der Waals surface area contributed by atoms with Crippen LogP contribution in [0.1, 0.15) is 47.9 Å². The number of fused-ring (bicyclic) bond motifs is 2. The Morgan fingerprint density at radius 2 is 1.85 bits per heavy atom. The number of phenols is 1. The van der Waals surface area contributed by atoms with E-state index in [0.29, 0.717) is 11.7 Å². The number of hydrogen-bond acceptors (Lipinski definition) is 4. The predicted octanol–water partition coefficient (Wildman–Crippen LogP) is 5.16. The number of hydrogen-bond donors (Lipinski definition) is 1. The van der Waals surface area contributed by atoms with Gasteiger partial charge in [0.05, 0.1) is 6.67 Å². The van der Waals surface area contributed by atoms with Crippen LogP contribution >= 0.6 is 0 Å². The van der Waals surface area contributed by atoms with Gasteiger partial charge in [-0.25, -0.2) is 0 Å². The van der Waals surface area contributed by atoms with Gasteiger partial charge in [-0.1, -0.05) is 17.7 Å². The van der Waals surface area contributed by atoms with E-state index in [1.54, 1.807) is 5.57 Å². The molecule has 2 fully saturated rings. The van der Waals surface area contributed by atoms with Gasteiger partial charge < -0.3 is 14.6 Å². The van der Waals surface area contributed by atoms with E-state index in [2.05, 4.69) is 29.2 Å². The fourth-order valence-electron chi connectivity index (χ4n) is 6.38. The Morgan fingerprint density at radius 1 is 1.00 bits per heavy atom. The van der Waals surface area contributed by atoms with Gasteiger partial charge in [-0.3, -0.25) is 9.29 Å². The lowest BCUT2D eigenvalue weighted by Crippen LogP contribution is -2.51. The van der Waals surface area contributed by atoms with Gasteiger partial charge >= 0.3 is 0 Å². The van der Waals surface area contributed by atoms with Crippen LogP contribution in [0, 0.1) is 11.8 Å². The van der Waals surface area contributed by atoms with Crippen LogP contribution in [-0.2, 0) is 17.6 Å². The van der Waals surface area contributed by atoms with Gasteiger partial charge in [0.2, 0.25) is 0 Å². The van der Waals surface area contributed by atoms with Crippen molar-refractivity contribution in [3.05, 3.63) is 64.2 Å². The van der Waals surface area contributed by atoms with Crippen molar-refractivity contribution >= 4 is 5.57 Å². The van der Waals surface area contributed by atoms with E-state index in [0.717, 1.165) is 77.1 Å². The van der Waals surface area contributed by atoms with Gasteiger partial charge in [0.15, 0.2) is 0 Å². The zero-order valence-electron chi connectivity index (χ0n) is 19.8. The number of allylic oxidation sites excluding steroid dienone is 1. The topological polar surface area (TPSA) is 41.9 Å². The highest BCUT2D eigenvalue weighted by Crippen LogP contribution is 2.43. The standard InChI is InChI=1S/C29H34FNO3/c30-15-19-16-31(17-19)18-25-14-23-12-22(4-7-28(23)34-25)29-26(20-8-10-33-11-9-20)3-1-2-21-13-24(32)5-6-27(21)29/h4-7,12-13,19-20,25,32H,1-3,8-11,14-18H2. The highest BCUT2D eigenvalue weighted by Gasteiger charge is 2.33. The monoisotopic (exact) mass is 463 g/mol. The van der Waals surface area contributed by atoms with Crippen LogP contribution in [-0.4, -0.2) is 55.6 Å². The van der Waals surface area contributed by atoms with Crippen LogP contribution in [0.15, 0.2) is 42.0 Å². The van der Waals surface area contributed by atoms with E-state index in [4.69, 9.17) is 9.47 Å². The summed E-state index contributed by atoms with van der Waals surface area (Å²) in [5.41, 5.74) is 7.96. The number of halogens is 1. The first-order valence-electron chi connectivity index (χ1n) is 12.9. The summed E-state index contributed by atoms with van der Waals surface area (Å²) in [6.45, 7) is 4.03. The molecule has 2 saturated heterocycles. The highest BCUT2D eigenvalue weighted by molar-refractivity contribution is 5.85. The molecule has 1 aliphatic carbocycles. The first-order valence-corrected chi connectivity index (χ1v) is 12.9. The van der Waals surface area contributed by atoms with Gasteiger partial charge in [-0.2, -0.15) is 0 Å². The van der Waals surface area contributed by atoms with Crippen LogP contribution in [0.5, 0.6) is 11.5 Å². The number of likely N-dealkylation sites (tertiary alicyclic amines) is 1. The van der Waals surface area contributed by atoms with E-state index < -0.39 is 0 Å². The lowest BCUT2D eigenvalue weighted by molar-refractivity contribution is 0.0454. The number of phenolic OH excluding ortho intramolecular Hbond substituents is 1. The molecule has 0 spiro atoms. The molecule has 3 aliphatic heterocycles. The van der Waals surface area contributed by atoms with E-state index in [-0.39, 0.29) is 18.7 Å². The number of rotatable bonds is 5. The molecule has 0 radical (unpaired) electrons. The van der Waals surface area contributed by atoms with Crippen molar-refractivity contribution in [1.29, 1.82) is 0 Å². The minimum absolute atomic E-state index is 0.146. The third-order valence-corrected chi connectivity index (χ3v) is 8.09. The summed E-state index contributed by atoms with van der Waals surface area (Å²) >= 11 is 0. The number of aromatic hydroxyl groups is 1. The third kappa shape index (κ3) is 4.25. The minimum atomic E-state index is -0.213. The van der Waals surface area contributed by atoms with E-state index >= 15 is 0 Å². The molecule has 0 aromatic heterocycles. The minimum Gasteiger partial charge on any atom is -0.508 e. The fraction of sp³-hybridized carbons (Fsp3) is 0.517. The maximum atomic E-state index is 12.8. The van der Waals surface area contributed by atoms with Gasteiger partial charge in [-0.05, 0) is 90.1 Å². The number of ether oxygens (including phenoxy) is 2. The summed E-state index contributed by atoms with van der Waals surface area (Å²) in [5.74, 6) is 2.10. The normalized spacial score (nSPS) is 23.7. The quantitative estimate of drug-likeness (QED) is 0.665. The molecule has 0 saturated carbocycles. The summed E-state index contributed by atoms with van der Waals surface area (Å²) in [5, 5.41) is 10.2. The van der Waals surface area contributed by atoms with Gasteiger partial charge in [0.25, 0.3) is 0 Å². The Hall–Kier alpha value is -2.37. The van der Waals surface area contributed by atoms with Crippen LogP contribution in [0.2, 0.25) is 0 Å². The SMILES string of the molecule is Oc1ccc2c(c1)CCCC(C1CCOCC1)=C2c1ccc2c(c1)CC(CN1CC(CF)C1)O2. The van der Waals surface area contributed by atoms with Crippen molar-refractivity contribution in [2.24, 2.45) is 11.8 Å². The van der Waals surface area contributed by atoms with E-state index in [1.165, 1.54) is 27.8 Å². The molecule has 1 atom stereocenters. The van der Waals surface area contributed by atoms with Gasteiger partial charge in [-0.15, -0.1) is 0 Å². The zero-order valence-corrected chi connectivity index (χ0v) is 19.8. The third-order valence-electron chi connectivity index (χ3n) is 8.09. The average molecular weight is 464 g/mol. The predicted molar refractivity (Wildman–Crippen MR) is 131 cm³/mol. The van der Waals surface area contributed by atoms with Crippen LogP contribution in [0.25, 0.3) is 5.57 Å². The molecule has 4 nitrogen and oxygen atoms in total. The Labute approximate surface area is 201 Å². The van der Waals surface area contributed by atoms with E-state index in [1.807, 2.05) is 12.1 Å². The second-order valence-electron chi connectivity index (χ2n) is 10.5. The maximum absolute atomic E-state index is 12.8. The summed E-state index contributed by atoms with van der Waals surface area (Å²) in [7, 11) is 0. The van der Waals surface area contributed by atoms with Gasteiger partial charge in [0, 0.05) is 45.2 Å².